The van der Waals surface area contributed by atoms with Gasteiger partial charge in [-0.15, -0.1) is 0 Å². The van der Waals surface area contributed by atoms with E-state index in [0.29, 0.717) is 6.42 Å². The molecular weight excluding hydrogens is 299 g/mol. The molecule has 118 valence electrons. The minimum atomic E-state index is -4.22. The number of hydrogen-bond acceptors (Lipinski definition) is 4. The smallest absolute Gasteiger partial charge is 0.251 e. The zero-order valence-corrected chi connectivity index (χ0v) is 13.2. The molecule has 0 aliphatic carbocycles. The second-order valence-corrected chi connectivity index (χ2v) is 6.76. The molecule has 0 aliphatic heterocycles. The number of sulfonamides is 1. The van der Waals surface area contributed by atoms with E-state index in [0.717, 1.165) is 19.2 Å². The Hall–Kier alpha value is -1.67. The van der Waals surface area contributed by atoms with Gasteiger partial charge >= 0.3 is 0 Å². The highest BCUT2D eigenvalue weighted by atomic mass is 32.2. The van der Waals surface area contributed by atoms with E-state index in [1.165, 1.54) is 0 Å². The summed E-state index contributed by atoms with van der Waals surface area (Å²) < 4.78 is 41.5. The van der Waals surface area contributed by atoms with Crippen LogP contribution in [-0.2, 0) is 10.0 Å². The molecule has 1 amide bonds. The third-order valence-electron chi connectivity index (χ3n) is 3.12. The molecule has 3 N–H and O–H groups in total. The Bertz CT molecular complexity index is 656. The van der Waals surface area contributed by atoms with Crippen molar-refractivity contribution >= 4 is 15.9 Å². The summed E-state index contributed by atoms with van der Waals surface area (Å²) >= 11 is 0. The molecule has 0 radical (unpaired) electrons. The topological polar surface area (TPSA) is 98.5 Å². The van der Waals surface area contributed by atoms with Crippen LogP contribution in [0.25, 0.3) is 0 Å². The molecule has 0 fully saturated rings. The van der Waals surface area contributed by atoms with Crippen LogP contribution in [0, 0.1) is 5.82 Å². The van der Waals surface area contributed by atoms with Crippen LogP contribution in [0.2, 0.25) is 0 Å². The van der Waals surface area contributed by atoms with Gasteiger partial charge in [-0.3, -0.25) is 4.79 Å². The number of nitrogens with one attached hydrogen (secondary N) is 1. The molecule has 1 aromatic rings. The van der Waals surface area contributed by atoms with Crippen LogP contribution in [0.15, 0.2) is 17.0 Å². The van der Waals surface area contributed by atoms with Crippen LogP contribution >= 0.6 is 0 Å². The average molecular weight is 318 g/mol. The average Bonchev–Trinajstić information content (AvgIpc) is 2.36. The molecule has 0 atom stereocenters. The van der Waals surface area contributed by atoms with Gasteiger partial charge in [0.15, 0.2) is 11.6 Å². The van der Waals surface area contributed by atoms with E-state index in [4.69, 9.17) is 9.88 Å². The van der Waals surface area contributed by atoms with Crippen molar-refractivity contribution < 1.29 is 22.3 Å². The van der Waals surface area contributed by atoms with E-state index < -0.39 is 37.9 Å². The number of primary sulfonamides is 1. The van der Waals surface area contributed by atoms with Gasteiger partial charge in [0, 0.05) is 11.1 Å². The van der Waals surface area contributed by atoms with Gasteiger partial charge in [0.25, 0.3) is 5.91 Å². The molecule has 0 aliphatic rings. The van der Waals surface area contributed by atoms with Gasteiger partial charge in [-0.1, -0.05) is 6.92 Å². The van der Waals surface area contributed by atoms with Crippen molar-refractivity contribution in [2.75, 3.05) is 7.11 Å². The van der Waals surface area contributed by atoms with Gasteiger partial charge in [-0.25, -0.2) is 17.9 Å². The summed E-state index contributed by atoms with van der Waals surface area (Å²) in [4.78, 5) is 11.5. The number of nitrogens with two attached hydrogens (primary N) is 1. The zero-order chi connectivity index (χ0) is 16.4. The highest BCUT2D eigenvalue weighted by Gasteiger charge is 2.24. The summed E-state index contributed by atoms with van der Waals surface area (Å²) in [5.41, 5.74) is -0.645. The molecule has 0 saturated carbocycles. The first kappa shape index (κ1) is 17.4. The van der Waals surface area contributed by atoms with Crippen molar-refractivity contribution in [3.05, 3.63) is 23.5 Å². The van der Waals surface area contributed by atoms with Gasteiger partial charge in [-0.05, 0) is 32.4 Å². The van der Waals surface area contributed by atoms with E-state index in [1.807, 2.05) is 6.92 Å². The van der Waals surface area contributed by atoms with Crippen molar-refractivity contribution in [3.63, 3.8) is 0 Å². The van der Waals surface area contributed by atoms with Crippen molar-refractivity contribution in [2.45, 2.75) is 37.6 Å². The quantitative estimate of drug-likeness (QED) is 0.857. The lowest BCUT2D eigenvalue weighted by atomic mass is 10.0. The third-order valence-corrected chi connectivity index (χ3v) is 4.03. The van der Waals surface area contributed by atoms with Crippen LogP contribution < -0.4 is 15.2 Å². The number of carbonyl (C=O) groups is 1. The first-order chi connectivity index (χ1) is 9.51. The van der Waals surface area contributed by atoms with E-state index in [9.17, 15) is 17.6 Å². The van der Waals surface area contributed by atoms with E-state index in [2.05, 4.69) is 5.32 Å². The van der Waals surface area contributed by atoms with Gasteiger partial charge < -0.3 is 10.1 Å². The molecule has 8 heteroatoms. The molecule has 1 aromatic carbocycles. The largest absolute Gasteiger partial charge is 0.492 e. The molecule has 21 heavy (non-hydrogen) atoms. The highest BCUT2D eigenvalue weighted by Crippen LogP contribution is 2.28. The molecule has 0 saturated heterocycles. The molecule has 0 unspecified atom stereocenters. The number of carbonyl (C=O) groups excluding carboxylic acids is 1. The monoisotopic (exact) mass is 318 g/mol. The Morgan fingerprint density at radius 3 is 2.43 bits per heavy atom. The Labute approximate surface area is 123 Å². The number of halogens is 1. The summed E-state index contributed by atoms with van der Waals surface area (Å²) in [5.74, 6) is -2.07. The second-order valence-electron chi connectivity index (χ2n) is 5.23. The minimum absolute atomic E-state index is 0.140. The summed E-state index contributed by atoms with van der Waals surface area (Å²) in [5, 5.41) is 7.70. The predicted molar refractivity (Wildman–Crippen MR) is 76.2 cm³/mol. The number of benzene rings is 1. The maximum atomic E-state index is 13.9. The fraction of sp³-hybridized carbons (Fsp3) is 0.462. The molecule has 1 rings (SSSR count). The van der Waals surface area contributed by atoms with Gasteiger partial charge in [0.05, 0.1) is 7.11 Å². The number of hydrogen-bond donors (Lipinski definition) is 2. The van der Waals surface area contributed by atoms with Crippen molar-refractivity contribution in [2.24, 2.45) is 5.14 Å². The third kappa shape index (κ3) is 4.15. The minimum Gasteiger partial charge on any atom is -0.492 e. The summed E-state index contributed by atoms with van der Waals surface area (Å²) in [6.07, 6.45) is 0.652. The summed E-state index contributed by atoms with van der Waals surface area (Å²) in [7, 11) is -3.10. The van der Waals surface area contributed by atoms with E-state index in [1.54, 1.807) is 13.8 Å². The molecule has 0 aromatic heterocycles. The number of rotatable bonds is 5. The Balaban J connectivity index is 3.35. The molecule has 6 nitrogen and oxygen atoms in total. The van der Waals surface area contributed by atoms with Crippen LogP contribution in [0.1, 0.15) is 37.6 Å². The number of ether oxygens (including phenoxy) is 1. The lowest BCUT2D eigenvalue weighted by Gasteiger charge is -2.24. The van der Waals surface area contributed by atoms with Crippen LogP contribution in [0.5, 0.6) is 5.75 Å². The van der Waals surface area contributed by atoms with Crippen LogP contribution in [0.3, 0.4) is 0 Å². The molecule has 0 heterocycles. The Morgan fingerprint density at radius 2 is 2.00 bits per heavy atom. The lowest BCUT2D eigenvalue weighted by molar-refractivity contribution is 0.0910. The lowest BCUT2D eigenvalue weighted by Crippen LogP contribution is -2.42. The van der Waals surface area contributed by atoms with Crippen molar-refractivity contribution in [1.29, 1.82) is 0 Å². The highest BCUT2D eigenvalue weighted by molar-refractivity contribution is 7.89. The van der Waals surface area contributed by atoms with Gasteiger partial charge in [-0.2, -0.15) is 0 Å². The first-order valence-corrected chi connectivity index (χ1v) is 7.79. The zero-order valence-electron chi connectivity index (χ0n) is 12.4. The van der Waals surface area contributed by atoms with Crippen LogP contribution in [-0.4, -0.2) is 27.0 Å². The molecule has 0 spiro atoms. The number of amides is 1. The maximum Gasteiger partial charge on any atom is 0.251 e. The maximum absolute atomic E-state index is 13.9. The molecule has 0 bridgehead atoms. The standard InChI is InChI=1S/C13H19FN2O4S/c1-5-13(2,3)16-12(17)8-6-9(14)11(20-4)10(7-8)21(15,18)19/h6-7H,5H2,1-4H3,(H,16,17)(H2,15,18,19). The van der Waals surface area contributed by atoms with Gasteiger partial charge in [0.2, 0.25) is 10.0 Å². The fourth-order valence-corrected chi connectivity index (χ4v) is 2.31. The summed E-state index contributed by atoms with van der Waals surface area (Å²) in [6.45, 7) is 5.47. The Kier molecular flexibility index (Phi) is 4.95. The normalized spacial score (nSPS) is 12.1. The van der Waals surface area contributed by atoms with E-state index >= 15 is 0 Å². The second kappa shape index (κ2) is 5.98. The predicted octanol–water partition coefficient (Wildman–Crippen LogP) is 1.40. The first-order valence-electron chi connectivity index (χ1n) is 6.24. The van der Waals surface area contributed by atoms with E-state index in [-0.39, 0.29) is 5.56 Å². The summed E-state index contributed by atoms with van der Waals surface area (Å²) in [6, 6.07) is 1.91. The van der Waals surface area contributed by atoms with Gasteiger partial charge in [0.1, 0.15) is 4.90 Å². The fourth-order valence-electron chi connectivity index (χ4n) is 1.58. The van der Waals surface area contributed by atoms with Crippen LogP contribution in [0.4, 0.5) is 4.39 Å². The Morgan fingerprint density at radius 1 is 1.43 bits per heavy atom. The molecular formula is C13H19FN2O4S. The number of methoxy groups -OCH3 is 1. The van der Waals surface area contributed by atoms with Crippen molar-refractivity contribution in [1.82, 2.24) is 5.32 Å². The van der Waals surface area contributed by atoms with Crippen molar-refractivity contribution in [3.8, 4) is 5.75 Å². The SMILES string of the molecule is CCC(C)(C)NC(=O)c1cc(F)c(OC)c(S(N)(=O)=O)c1.